The molecule has 156 valence electrons. The monoisotopic (exact) mass is 420 g/mol. The van der Waals surface area contributed by atoms with Crippen LogP contribution in [0.15, 0.2) is 59.8 Å². The average Bonchev–Trinajstić information content (AvgIpc) is 3.44. The summed E-state index contributed by atoms with van der Waals surface area (Å²) in [6, 6.07) is 18.5. The quantitative estimate of drug-likeness (QED) is 0.531. The normalized spacial score (nSPS) is 15.3. The summed E-state index contributed by atoms with van der Waals surface area (Å²) in [6.07, 6.45) is 4.27. The second kappa shape index (κ2) is 9.47. The molecule has 0 aliphatic heterocycles. The van der Waals surface area contributed by atoms with Crippen LogP contribution >= 0.6 is 11.8 Å². The van der Waals surface area contributed by atoms with Gasteiger partial charge >= 0.3 is 0 Å². The summed E-state index contributed by atoms with van der Waals surface area (Å²) >= 11 is 1.66. The largest absolute Gasteiger partial charge is 0.346 e. The minimum atomic E-state index is -0.210. The predicted molar refractivity (Wildman–Crippen MR) is 121 cm³/mol. The van der Waals surface area contributed by atoms with Gasteiger partial charge in [0.2, 0.25) is 5.91 Å². The second-order valence-corrected chi connectivity index (χ2v) is 8.94. The number of nitrogens with one attached hydrogen (secondary N) is 1. The maximum atomic E-state index is 12.7. The van der Waals surface area contributed by atoms with Crippen LogP contribution in [0.25, 0.3) is 5.69 Å². The molecular formula is C24H28N4OS. The van der Waals surface area contributed by atoms with Gasteiger partial charge in [-0.3, -0.25) is 9.36 Å². The topological polar surface area (TPSA) is 59.8 Å². The lowest BCUT2D eigenvalue weighted by atomic mass is 10.1. The SMILES string of the molecule is Cc1ccc(-n2c(SCc3ccccc3)nnc2[C@@H](C)NC(=O)C2CCCC2)cc1. The Kier molecular flexibility index (Phi) is 6.53. The summed E-state index contributed by atoms with van der Waals surface area (Å²) in [5, 5.41) is 13.0. The lowest BCUT2D eigenvalue weighted by Gasteiger charge is -2.18. The zero-order chi connectivity index (χ0) is 20.9. The highest BCUT2D eigenvalue weighted by atomic mass is 32.2. The minimum Gasteiger partial charge on any atom is -0.346 e. The zero-order valence-electron chi connectivity index (χ0n) is 17.5. The number of rotatable bonds is 7. The van der Waals surface area contributed by atoms with E-state index in [4.69, 9.17) is 0 Å². The summed E-state index contributed by atoms with van der Waals surface area (Å²) in [5.41, 5.74) is 3.46. The Labute approximate surface area is 182 Å². The van der Waals surface area contributed by atoms with E-state index < -0.39 is 0 Å². The molecule has 3 aromatic rings. The molecule has 0 bridgehead atoms. The van der Waals surface area contributed by atoms with Crippen LogP contribution in [0.5, 0.6) is 0 Å². The number of aromatic nitrogens is 3. The average molecular weight is 421 g/mol. The molecule has 1 atom stereocenters. The van der Waals surface area contributed by atoms with E-state index in [9.17, 15) is 4.79 Å². The first-order chi connectivity index (χ1) is 14.6. The second-order valence-electron chi connectivity index (χ2n) is 8.00. The van der Waals surface area contributed by atoms with Gasteiger partial charge in [-0.15, -0.1) is 10.2 Å². The predicted octanol–water partition coefficient (Wildman–Crippen LogP) is 5.24. The van der Waals surface area contributed by atoms with Gasteiger partial charge < -0.3 is 5.32 Å². The van der Waals surface area contributed by atoms with Crippen molar-refractivity contribution in [1.29, 1.82) is 0 Å². The fourth-order valence-corrected chi connectivity index (χ4v) is 4.81. The van der Waals surface area contributed by atoms with Gasteiger partial charge in [0.05, 0.1) is 6.04 Å². The molecule has 2 aromatic carbocycles. The fraction of sp³-hybridized carbons (Fsp3) is 0.375. The number of hydrogen-bond acceptors (Lipinski definition) is 4. The van der Waals surface area contributed by atoms with Crippen molar-refractivity contribution < 1.29 is 4.79 Å². The molecule has 1 amide bonds. The van der Waals surface area contributed by atoms with E-state index in [1.807, 2.05) is 25.1 Å². The molecule has 30 heavy (non-hydrogen) atoms. The van der Waals surface area contributed by atoms with Gasteiger partial charge in [-0.2, -0.15) is 0 Å². The lowest BCUT2D eigenvalue weighted by molar-refractivity contribution is -0.125. The molecule has 0 spiro atoms. The van der Waals surface area contributed by atoms with E-state index in [1.54, 1.807) is 11.8 Å². The number of carbonyl (C=O) groups excluding carboxylic acids is 1. The van der Waals surface area contributed by atoms with Gasteiger partial charge in [-0.25, -0.2) is 0 Å². The first kappa shape index (κ1) is 20.7. The van der Waals surface area contributed by atoms with E-state index >= 15 is 0 Å². The van der Waals surface area contributed by atoms with Crippen LogP contribution in [0.3, 0.4) is 0 Å². The molecule has 1 aliphatic rings. The van der Waals surface area contributed by atoms with Crippen molar-refractivity contribution >= 4 is 17.7 Å². The Balaban J connectivity index is 1.59. The zero-order valence-corrected chi connectivity index (χ0v) is 18.4. The van der Waals surface area contributed by atoms with Crippen LogP contribution in [0.2, 0.25) is 0 Å². The minimum absolute atomic E-state index is 0.134. The van der Waals surface area contributed by atoms with Crippen molar-refractivity contribution in [2.45, 2.75) is 56.5 Å². The van der Waals surface area contributed by atoms with Gasteiger partial charge in [-0.05, 0) is 44.4 Å². The Morgan fingerprint density at radius 3 is 2.50 bits per heavy atom. The number of aryl methyl sites for hydroxylation is 1. The molecule has 1 fully saturated rings. The molecule has 1 saturated carbocycles. The van der Waals surface area contributed by atoms with Crippen molar-refractivity contribution in [2.75, 3.05) is 0 Å². The standard InChI is InChI=1S/C24H28N4OS/c1-17-12-14-21(15-13-17)28-22(18(2)25-23(29)20-10-6-7-11-20)26-27-24(28)30-16-19-8-4-3-5-9-19/h3-5,8-9,12-15,18,20H,6-7,10-11,16H2,1-2H3,(H,25,29)/t18-/m1/s1. The number of thioether (sulfide) groups is 1. The smallest absolute Gasteiger partial charge is 0.223 e. The molecular weight excluding hydrogens is 392 g/mol. The van der Waals surface area contributed by atoms with Crippen molar-refractivity contribution in [3.63, 3.8) is 0 Å². The maximum Gasteiger partial charge on any atom is 0.223 e. The highest BCUT2D eigenvalue weighted by molar-refractivity contribution is 7.98. The summed E-state index contributed by atoms with van der Waals surface area (Å²) in [6.45, 7) is 4.07. The van der Waals surface area contributed by atoms with E-state index in [-0.39, 0.29) is 17.9 Å². The molecule has 0 unspecified atom stereocenters. The van der Waals surface area contributed by atoms with Crippen LogP contribution in [0.1, 0.15) is 55.6 Å². The van der Waals surface area contributed by atoms with Crippen LogP contribution in [-0.4, -0.2) is 20.7 Å². The highest BCUT2D eigenvalue weighted by Gasteiger charge is 2.26. The Hall–Kier alpha value is -2.60. The fourth-order valence-electron chi connectivity index (χ4n) is 3.90. The first-order valence-electron chi connectivity index (χ1n) is 10.6. The molecule has 1 aromatic heterocycles. The van der Waals surface area contributed by atoms with Crippen molar-refractivity contribution in [2.24, 2.45) is 5.92 Å². The molecule has 1 N–H and O–H groups in total. The molecule has 0 radical (unpaired) electrons. The van der Waals surface area contributed by atoms with Crippen molar-refractivity contribution in [3.8, 4) is 5.69 Å². The summed E-state index contributed by atoms with van der Waals surface area (Å²) in [4.78, 5) is 12.7. The van der Waals surface area contributed by atoms with Crippen LogP contribution in [0.4, 0.5) is 0 Å². The van der Waals surface area contributed by atoms with Crippen molar-refractivity contribution in [3.05, 3.63) is 71.5 Å². The number of amides is 1. The van der Waals surface area contributed by atoms with Crippen molar-refractivity contribution in [1.82, 2.24) is 20.1 Å². The van der Waals surface area contributed by atoms with E-state index in [2.05, 4.69) is 63.4 Å². The molecule has 1 heterocycles. The third kappa shape index (κ3) is 4.75. The van der Waals surface area contributed by atoms with Crippen LogP contribution < -0.4 is 5.32 Å². The van der Waals surface area contributed by atoms with Crippen LogP contribution in [0, 0.1) is 12.8 Å². The Bertz CT molecular complexity index is 978. The van der Waals surface area contributed by atoms with Gasteiger partial charge in [-0.1, -0.05) is 72.6 Å². The van der Waals surface area contributed by atoms with Gasteiger partial charge in [0.15, 0.2) is 11.0 Å². The third-order valence-corrected chi connectivity index (χ3v) is 6.63. The first-order valence-corrected chi connectivity index (χ1v) is 11.6. The number of benzene rings is 2. The summed E-state index contributed by atoms with van der Waals surface area (Å²) < 4.78 is 2.08. The van der Waals surface area contributed by atoms with E-state index in [1.165, 1.54) is 11.1 Å². The molecule has 5 nitrogen and oxygen atoms in total. The molecule has 6 heteroatoms. The summed E-state index contributed by atoms with van der Waals surface area (Å²) in [7, 11) is 0. The number of nitrogens with zero attached hydrogens (tertiary/aromatic N) is 3. The molecule has 4 rings (SSSR count). The maximum absolute atomic E-state index is 12.7. The summed E-state index contributed by atoms with van der Waals surface area (Å²) in [5.74, 6) is 1.85. The third-order valence-electron chi connectivity index (χ3n) is 5.63. The number of hydrogen-bond donors (Lipinski definition) is 1. The Morgan fingerprint density at radius 2 is 1.80 bits per heavy atom. The molecule has 0 saturated heterocycles. The number of carbonyl (C=O) groups is 1. The van der Waals surface area contributed by atoms with Gasteiger partial charge in [0, 0.05) is 17.4 Å². The van der Waals surface area contributed by atoms with Gasteiger partial charge in [0.25, 0.3) is 0 Å². The van der Waals surface area contributed by atoms with Gasteiger partial charge in [0.1, 0.15) is 0 Å². The Morgan fingerprint density at radius 1 is 1.10 bits per heavy atom. The highest BCUT2D eigenvalue weighted by Crippen LogP contribution is 2.29. The van der Waals surface area contributed by atoms with Crippen LogP contribution in [-0.2, 0) is 10.5 Å². The van der Waals surface area contributed by atoms with E-state index in [0.29, 0.717) is 0 Å². The molecule has 1 aliphatic carbocycles. The lowest BCUT2D eigenvalue weighted by Crippen LogP contribution is -2.33. The van der Waals surface area contributed by atoms with E-state index in [0.717, 1.165) is 48.1 Å².